The van der Waals surface area contributed by atoms with Gasteiger partial charge in [0.2, 0.25) is 5.95 Å². The van der Waals surface area contributed by atoms with Crippen molar-refractivity contribution in [3.05, 3.63) is 40.5 Å². The third-order valence-electron chi connectivity index (χ3n) is 5.54. The van der Waals surface area contributed by atoms with Crippen LogP contribution in [0.15, 0.2) is 34.9 Å². The first kappa shape index (κ1) is 22.1. The van der Waals surface area contributed by atoms with Gasteiger partial charge in [0.25, 0.3) is 5.91 Å². The molecule has 2 aromatic heterocycles. The Hall–Kier alpha value is -2.07. The Morgan fingerprint density at radius 2 is 2.06 bits per heavy atom. The van der Waals surface area contributed by atoms with Crippen LogP contribution in [0.25, 0.3) is 20.7 Å². The van der Waals surface area contributed by atoms with Crippen LogP contribution in [0.5, 0.6) is 0 Å². The molecule has 9 heteroatoms. The van der Waals surface area contributed by atoms with Crippen LogP contribution >= 0.6 is 27.3 Å². The van der Waals surface area contributed by atoms with E-state index in [2.05, 4.69) is 48.4 Å². The van der Waals surface area contributed by atoms with Crippen LogP contribution in [0.1, 0.15) is 16.8 Å². The minimum absolute atomic E-state index is 0.0839. The van der Waals surface area contributed by atoms with E-state index >= 15 is 0 Å². The smallest absolute Gasteiger partial charge is 0.251 e. The summed E-state index contributed by atoms with van der Waals surface area (Å²) in [5.41, 5.74) is 1.51. The molecule has 3 aromatic rings. The van der Waals surface area contributed by atoms with E-state index < -0.39 is 0 Å². The summed E-state index contributed by atoms with van der Waals surface area (Å²) in [7, 11) is 3.83. The second-order valence-corrected chi connectivity index (χ2v) is 9.66. The first-order chi connectivity index (χ1) is 15.0. The number of benzene rings is 1. The van der Waals surface area contributed by atoms with Crippen LogP contribution in [0.2, 0.25) is 0 Å². The number of nitrogens with zero attached hydrogens (tertiary/aromatic N) is 4. The largest absolute Gasteiger partial charge is 0.355 e. The summed E-state index contributed by atoms with van der Waals surface area (Å²) in [5.74, 6) is 0.542. The van der Waals surface area contributed by atoms with Gasteiger partial charge in [0.15, 0.2) is 0 Å². The Morgan fingerprint density at radius 1 is 1.26 bits per heavy atom. The number of likely N-dealkylation sites (N-methyl/N-ethyl adjacent to an activating group) is 1. The maximum absolute atomic E-state index is 12.2. The lowest BCUT2D eigenvalue weighted by Gasteiger charge is -2.32. The van der Waals surface area contributed by atoms with E-state index in [1.807, 2.05) is 24.3 Å². The molecule has 0 saturated carbocycles. The van der Waals surface area contributed by atoms with E-state index in [1.165, 1.54) is 0 Å². The molecule has 1 aromatic carbocycles. The van der Waals surface area contributed by atoms with Crippen LogP contribution in [-0.2, 0) is 0 Å². The van der Waals surface area contributed by atoms with Gasteiger partial charge in [0.1, 0.15) is 5.69 Å². The number of halogens is 1. The van der Waals surface area contributed by atoms with Gasteiger partial charge in [-0.15, -0.1) is 11.3 Å². The fourth-order valence-electron chi connectivity index (χ4n) is 3.71. The Kier molecular flexibility index (Phi) is 7.16. The number of amides is 1. The van der Waals surface area contributed by atoms with Gasteiger partial charge in [-0.1, -0.05) is 6.07 Å². The van der Waals surface area contributed by atoms with Crippen molar-refractivity contribution < 1.29 is 4.79 Å². The fourth-order valence-corrected chi connectivity index (χ4v) is 5.34. The van der Waals surface area contributed by atoms with Crippen LogP contribution in [0.4, 0.5) is 5.95 Å². The number of fused-ring (bicyclic) bond motifs is 1. The molecule has 1 aliphatic rings. The number of aromatic nitrogens is 2. The zero-order valence-corrected chi connectivity index (χ0v) is 20.2. The Balaban J connectivity index is 1.45. The highest BCUT2D eigenvalue weighted by Crippen LogP contribution is 2.37. The highest BCUT2D eigenvalue weighted by molar-refractivity contribution is 9.10. The number of hydrogen-bond acceptors (Lipinski definition) is 7. The number of carbonyl (C=O) groups is 1. The number of piperazine rings is 1. The molecule has 0 radical (unpaired) electrons. The lowest BCUT2D eigenvalue weighted by molar-refractivity contribution is 0.0965. The summed E-state index contributed by atoms with van der Waals surface area (Å²) in [6, 6.07) is 7.83. The zero-order chi connectivity index (χ0) is 21.8. The molecule has 1 aliphatic heterocycles. The number of thiophene rings is 1. The van der Waals surface area contributed by atoms with E-state index in [0.29, 0.717) is 11.5 Å². The number of rotatable bonds is 7. The van der Waals surface area contributed by atoms with Crippen molar-refractivity contribution in [2.45, 2.75) is 6.42 Å². The van der Waals surface area contributed by atoms with E-state index in [4.69, 9.17) is 4.98 Å². The van der Waals surface area contributed by atoms with E-state index in [0.717, 1.165) is 70.8 Å². The minimum atomic E-state index is -0.0839. The zero-order valence-electron chi connectivity index (χ0n) is 17.8. The predicted molar refractivity (Wildman–Crippen MR) is 131 cm³/mol. The monoisotopic (exact) mass is 502 g/mol. The second-order valence-electron chi connectivity index (χ2n) is 7.72. The van der Waals surface area contributed by atoms with E-state index in [1.54, 1.807) is 24.6 Å². The first-order valence-corrected chi connectivity index (χ1v) is 12.1. The minimum Gasteiger partial charge on any atom is -0.355 e. The summed E-state index contributed by atoms with van der Waals surface area (Å²) in [6.45, 7) is 6.48. The van der Waals surface area contributed by atoms with Crippen LogP contribution in [0, 0.1) is 0 Å². The lowest BCUT2D eigenvalue weighted by atomic mass is 10.1. The quantitative estimate of drug-likeness (QED) is 0.481. The van der Waals surface area contributed by atoms with Crippen molar-refractivity contribution in [3.63, 3.8) is 0 Å². The van der Waals surface area contributed by atoms with Crippen molar-refractivity contribution in [1.82, 2.24) is 25.1 Å². The molecule has 0 atom stereocenters. The van der Waals surface area contributed by atoms with Crippen LogP contribution < -0.4 is 10.6 Å². The summed E-state index contributed by atoms with van der Waals surface area (Å²) in [5, 5.41) is 7.01. The van der Waals surface area contributed by atoms with Gasteiger partial charge in [0.05, 0.1) is 9.35 Å². The molecule has 0 spiro atoms. The molecule has 3 heterocycles. The third-order valence-corrected chi connectivity index (χ3v) is 7.23. The molecule has 0 unspecified atom stereocenters. The highest BCUT2D eigenvalue weighted by Gasteiger charge is 2.16. The average Bonchev–Trinajstić information content (AvgIpc) is 3.22. The van der Waals surface area contributed by atoms with Crippen LogP contribution in [-0.4, -0.2) is 79.0 Å². The standard InChI is InChI=1S/C22H27BrN6OS/c1-24-21(30)15-5-3-6-18-16(15)13-19(31-18)20-17(23)14-26-22(27-20)25-7-4-8-29-11-9-28(2)10-12-29/h3,5-6,13-14H,4,7-12H2,1-2H3,(H,24,30)(H,25,26,27). The summed E-state index contributed by atoms with van der Waals surface area (Å²) < 4.78 is 1.90. The molecule has 2 N–H and O–H groups in total. The average molecular weight is 503 g/mol. The SMILES string of the molecule is CNC(=O)c1cccc2sc(-c3nc(NCCCN4CCN(C)CC4)ncc3Br)cc12. The molecule has 31 heavy (non-hydrogen) atoms. The van der Waals surface area contributed by atoms with E-state index in [-0.39, 0.29) is 5.91 Å². The molecule has 1 amide bonds. The van der Waals surface area contributed by atoms with Crippen molar-refractivity contribution in [1.29, 1.82) is 0 Å². The van der Waals surface area contributed by atoms with Crippen LogP contribution in [0.3, 0.4) is 0 Å². The van der Waals surface area contributed by atoms with Crippen molar-refractivity contribution >= 4 is 49.2 Å². The number of carbonyl (C=O) groups excluding carboxylic acids is 1. The van der Waals surface area contributed by atoms with Gasteiger partial charge in [-0.25, -0.2) is 9.97 Å². The molecule has 0 aliphatic carbocycles. The van der Waals surface area contributed by atoms with Gasteiger partial charge in [0, 0.05) is 61.6 Å². The summed E-state index contributed by atoms with van der Waals surface area (Å²) in [6.07, 6.45) is 2.84. The number of anilines is 1. The van der Waals surface area contributed by atoms with Gasteiger partial charge in [-0.3, -0.25) is 4.79 Å². The Labute approximate surface area is 195 Å². The van der Waals surface area contributed by atoms with E-state index in [9.17, 15) is 4.79 Å². The van der Waals surface area contributed by atoms with Crippen molar-refractivity contribution in [3.8, 4) is 10.6 Å². The summed E-state index contributed by atoms with van der Waals surface area (Å²) in [4.78, 5) is 27.3. The van der Waals surface area contributed by atoms with Crippen molar-refractivity contribution in [2.75, 3.05) is 58.7 Å². The molecule has 1 saturated heterocycles. The maximum atomic E-state index is 12.2. The second kappa shape index (κ2) is 10.0. The first-order valence-electron chi connectivity index (χ1n) is 10.5. The normalized spacial score (nSPS) is 15.3. The van der Waals surface area contributed by atoms with Gasteiger partial charge < -0.3 is 20.4 Å². The number of hydrogen-bond donors (Lipinski definition) is 2. The molecular weight excluding hydrogens is 476 g/mol. The Bertz CT molecular complexity index is 1060. The lowest BCUT2D eigenvalue weighted by Crippen LogP contribution is -2.44. The number of nitrogens with one attached hydrogen (secondary N) is 2. The Morgan fingerprint density at radius 3 is 2.84 bits per heavy atom. The van der Waals surface area contributed by atoms with Gasteiger partial charge in [-0.05, 0) is 54.1 Å². The predicted octanol–water partition coefficient (Wildman–Crippen LogP) is 3.53. The molecule has 1 fully saturated rings. The van der Waals surface area contributed by atoms with Gasteiger partial charge >= 0.3 is 0 Å². The van der Waals surface area contributed by atoms with Gasteiger partial charge in [-0.2, -0.15) is 0 Å². The topological polar surface area (TPSA) is 73.4 Å². The molecule has 0 bridgehead atoms. The van der Waals surface area contributed by atoms with Crippen molar-refractivity contribution in [2.24, 2.45) is 0 Å². The molecular formula is C22H27BrN6OS. The summed E-state index contributed by atoms with van der Waals surface area (Å²) >= 11 is 5.21. The maximum Gasteiger partial charge on any atom is 0.251 e. The highest BCUT2D eigenvalue weighted by atomic mass is 79.9. The molecule has 4 rings (SSSR count). The molecule has 7 nitrogen and oxygen atoms in total. The fraction of sp³-hybridized carbons (Fsp3) is 0.409. The molecule has 164 valence electrons. The third kappa shape index (κ3) is 5.23.